The highest BCUT2D eigenvalue weighted by molar-refractivity contribution is 5.21. The van der Waals surface area contributed by atoms with Crippen LogP contribution in [0.15, 0.2) is 30.3 Å². The highest BCUT2D eigenvalue weighted by Crippen LogP contribution is 2.26. The van der Waals surface area contributed by atoms with Gasteiger partial charge in [0.2, 0.25) is 0 Å². The molecule has 1 fully saturated rings. The average molecular weight is 177 g/mol. The fourth-order valence-electron chi connectivity index (χ4n) is 1.85. The Balaban J connectivity index is 2.23. The molecule has 70 valence electrons. The Hall–Kier alpha value is -0.860. The molecule has 1 heterocycles. The van der Waals surface area contributed by atoms with Crippen molar-refractivity contribution in [1.82, 2.24) is 5.32 Å². The number of nitrogens with one attached hydrogen (secondary N) is 1. The van der Waals surface area contributed by atoms with E-state index in [1.165, 1.54) is 0 Å². The Kier molecular flexibility index (Phi) is 2.34. The summed E-state index contributed by atoms with van der Waals surface area (Å²) < 4.78 is 0. The topological polar surface area (TPSA) is 32.3 Å². The maximum Gasteiger partial charge on any atom is 0.142 e. The standard InChI is InChI=1S/C11H15NO/c13-11(8-4-5-9-12-11)10-6-2-1-3-7-10/h1-3,6-7,12-13H,4-5,8-9H2. The largest absolute Gasteiger partial charge is 0.372 e. The van der Waals surface area contributed by atoms with Crippen LogP contribution in [-0.2, 0) is 5.72 Å². The highest BCUT2D eigenvalue weighted by atomic mass is 16.3. The van der Waals surface area contributed by atoms with Crippen LogP contribution in [0.4, 0.5) is 0 Å². The average Bonchev–Trinajstić information content (AvgIpc) is 2.20. The van der Waals surface area contributed by atoms with E-state index in [1.54, 1.807) is 0 Å². The summed E-state index contributed by atoms with van der Waals surface area (Å²) in [5.41, 5.74) is 0.203. The van der Waals surface area contributed by atoms with E-state index in [2.05, 4.69) is 5.32 Å². The van der Waals surface area contributed by atoms with Gasteiger partial charge in [0.1, 0.15) is 5.72 Å². The van der Waals surface area contributed by atoms with Crippen molar-refractivity contribution in [1.29, 1.82) is 0 Å². The summed E-state index contributed by atoms with van der Waals surface area (Å²) in [6.45, 7) is 0.908. The van der Waals surface area contributed by atoms with Gasteiger partial charge in [-0.25, -0.2) is 0 Å². The van der Waals surface area contributed by atoms with Gasteiger partial charge in [0, 0.05) is 0 Å². The third-order valence-corrected chi connectivity index (χ3v) is 2.63. The van der Waals surface area contributed by atoms with Crippen molar-refractivity contribution in [2.45, 2.75) is 25.0 Å². The maximum absolute atomic E-state index is 10.2. The monoisotopic (exact) mass is 177 g/mol. The highest BCUT2D eigenvalue weighted by Gasteiger charge is 2.29. The molecule has 1 aliphatic rings. The van der Waals surface area contributed by atoms with E-state index < -0.39 is 5.72 Å². The lowest BCUT2D eigenvalue weighted by atomic mass is 9.93. The van der Waals surface area contributed by atoms with Crippen molar-refractivity contribution in [2.75, 3.05) is 6.54 Å². The Labute approximate surface area is 78.6 Å². The molecule has 0 aromatic heterocycles. The van der Waals surface area contributed by atoms with Crippen LogP contribution in [0.2, 0.25) is 0 Å². The second-order valence-corrected chi connectivity index (χ2v) is 3.61. The molecular weight excluding hydrogens is 162 g/mol. The number of aliphatic hydroxyl groups is 1. The van der Waals surface area contributed by atoms with Gasteiger partial charge in [-0.2, -0.15) is 0 Å². The van der Waals surface area contributed by atoms with E-state index in [9.17, 15) is 5.11 Å². The molecule has 2 heteroatoms. The number of benzene rings is 1. The van der Waals surface area contributed by atoms with E-state index >= 15 is 0 Å². The molecule has 1 atom stereocenters. The second-order valence-electron chi connectivity index (χ2n) is 3.61. The van der Waals surface area contributed by atoms with Crippen LogP contribution in [0, 0.1) is 0 Å². The van der Waals surface area contributed by atoms with E-state index in [0.717, 1.165) is 31.4 Å². The molecule has 1 unspecified atom stereocenters. The zero-order chi connectivity index (χ0) is 9.15. The molecule has 2 N–H and O–H groups in total. The maximum atomic E-state index is 10.2. The van der Waals surface area contributed by atoms with Gasteiger partial charge in [0.15, 0.2) is 0 Å². The molecule has 0 radical (unpaired) electrons. The first-order chi connectivity index (χ1) is 6.31. The number of hydrogen-bond acceptors (Lipinski definition) is 2. The fraction of sp³-hybridized carbons (Fsp3) is 0.455. The zero-order valence-corrected chi connectivity index (χ0v) is 7.66. The van der Waals surface area contributed by atoms with Gasteiger partial charge in [-0.1, -0.05) is 30.3 Å². The van der Waals surface area contributed by atoms with E-state index in [-0.39, 0.29) is 0 Å². The van der Waals surface area contributed by atoms with Crippen LogP contribution >= 0.6 is 0 Å². The number of piperidine rings is 1. The summed E-state index contributed by atoms with van der Waals surface area (Å²) in [6.07, 6.45) is 3.07. The van der Waals surface area contributed by atoms with Gasteiger partial charge in [-0.3, -0.25) is 5.32 Å². The summed E-state index contributed by atoms with van der Waals surface area (Å²) in [6, 6.07) is 9.83. The number of hydrogen-bond donors (Lipinski definition) is 2. The second kappa shape index (κ2) is 3.48. The van der Waals surface area contributed by atoms with Gasteiger partial charge in [-0.05, 0) is 31.4 Å². The fourth-order valence-corrected chi connectivity index (χ4v) is 1.85. The van der Waals surface area contributed by atoms with Crippen LogP contribution in [0.5, 0.6) is 0 Å². The van der Waals surface area contributed by atoms with Crippen LogP contribution < -0.4 is 5.32 Å². The molecule has 2 rings (SSSR count). The van der Waals surface area contributed by atoms with E-state index in [0.29, 0.717) is 0 Å². The van der Waals surface area contributed by atoms with Crippen molar-refractivity contribution in [3.8, 4) is 0 Å². The van der Waals surface area contributed by atoms with Crippen LogP contribution in [0.1, 0.15) is 24.8 Å². The molecule has 1 aliphatic heterocycles. The zero-order valence-electron chi connectivity index (χ0n) is 7.66. The molecule has 0 aliphatic carbocycles. The minimum atomic E-state index is -0.778. The van der Waals surface area contributed by atoms with Crippen LogP contribution in [-0.4, -0.2) is 11.7 Å². The van der Waals surface area contributed by atoms with Crippen molar-refractivity contribution in [3.05, 3.63) is 35.9 Å². The lowest BCUT2D eigenvalue weighted by Crippen LogP contribution is -2.45. The molecule has 1 saturated heterocycles. The minimum absolute atomic E-state index is 0.778. The minimum Gasteiger partial charge on any atom is -0.372 e. The molecular formula is C11H15NO. The predicted octanol–water partition coefficient (Wildman–Crippen LogP) is 1.61. The molecule has 1 aromatic rings. The van der Waals surface area contributed by atoms with Crippen molar-refractivity contribution in [3.63, 3.8) is 0 Å². The Bertz CT molecular complexity index is 265. The van der Waals surface area contributed by atoms with Gasteiger partial charge in [0.05, 0.1) is 0 Å². The first-order valence-corrected chi connectivity index (χ1v) is 4.84. The third kappa shape index (κ3) is 1.74. The van der Waals surface area contributed by atoms with Gasteiger partial charge >= 0.3 is 0 Å². The smallest absolute Gasteiger partial charge is 0.142 e. The van der Waals surface area contributed by atoms with Crippen molar-refractivity contribution in [2.24, 2.45) is 0 Å². The van der Waals surface area contributed by atoms with Crippen molar-refractivity contribution < 1.29 is 5.11 Å². The van der Waals surface area contributed by atoms with Gasteiger partial charge < -0.3 is 5.11 Å². The summed E-state index contributed by atoms with van der Waals surface area (Å²) in [5.74, 6) is 0. The lowest BCUT2D eigenvalue weighted by Gasteiger charge is -2.33. The lowest BCUT2D eigenvalue weighted by molar-refractivity contribution is -0.0240. The first-order valence-electron chi connectivity index (χ1n) is 4.84. The summed E-state index contributed by atoms with van der Waals surface area (Å²) >= 11 is 0. The molecule has 0 spiro atoms. The molecule has 0 saturated carbocycles. The van der Waals surface area contributed by atoms with Crippen LogP contribution in [0.25, 0.3) is 0 Å². The third-order valence-electron chi connectivity index (χ3n) is 2.63. The molecule has 0 bridgehead atoms. The predicted molar refractivity (Wildman–Crippen MR) is 52.2 cm³/mol. The Morgan fingerprint density at radius 3 is 2.54 bits per heavy atom. The summed E-state index contributed by atoms with van der Waals surface area (Å²) in [4.78, 5) is 0. The van der Waals surface area contributed by atoms with Gasteiger partial charge in [-0.15, -0.1) is 0 Å². The Morgan fingerprint density at radius 1 is 1.15 bits per heavy atom. The van der Waals surface area contributed by atoms with Gasteiger partial charge in [0.25, 0.3) is 0 Å². The number of rotatable bonds is 1. The molecule has 1 aromatic carbocycles. The summed E-state index contributed by atoms with van der Waals surface area (Å²) in [7, 11) is 0. The van der Waals surface area contributed by atoms with E-state index in [4.69, 9.17) is 0 Å². The quantitative estimate of drug-likeness (QED) is 0.683. The first kappa shape index (κ1) is 8.73. The molecule has 0 amide bonds. The SMILES string of the molecule is OC1(c2ccccc2)CCCCN1. The summed E-state index contributed by atoms with van der Waals surface area (Å²) in [5, 5.41) is 13.4. The van der Waals surface area contributed by atoms with E-state index in [1.807, 2.05) is 30.3 Å². The normalized spacial score (nSPS) is 28.7. The molecule has 13 heavy (non-hydrogen) atoms. The van der Waals surface area contributed by atoms with Crippen LogP contribution in [0.3, 0.4) is 0 Å². The van der Waals surface area contributed by atoms with Crippen molar-refractivity contribution >= 4 is 0 Å². The Morgan fingerprint density at radius 2 is 1.92 bits per heavy atom. The molecule has 2 nitrogen and oxygen atoms in total.